The Morgan fingerprint density at radius 2 is 1.53 bits per heavy atom. The average molecular weight is 427 g/mol. The van der Waals surface area contributed by atoms with E-state index in [0.717, 1.165) is 49.2 Å². The van der Waals surface area contributed by atoms with Crippen molar-refractivity contribution < 1.29 is 14.7 Å². The van der Waals surface area contributed by atoms with Crippen LogP contribution in [0.15, 0.2) is 66.7 Å². The number of fused-ring (bicyclic) bond motifs is 3. The Hall–Kier alpha value is -3.28. The maximum atomic E-state index is 12.7. The van der Waals surface area contributed by atoms with Gasteiger partial charge in [-0.1, -0.05) is 54.6 Å². The van der Waals surface area contributed by atoms with Gasteiger partial charge in [0.25, 0.3) is 5.91 Å². The monoisotopic (exact) mass is 426 g/mol. The van der Waals surface area contributed by atoms with Crippen molar-refractivity contribution in [2.45, 2.75) is 32.0 Å². The number of nitrogens with zero attached hydrogens (tertiary/aromatic N) is 1. The zero-order valence-electron chi connectivity index (χ0n) is 17.9. The Bertz CT molecular complexity index is 1160. The highest BCUT2D eigenvalue weighted by molar-refractivity contribution is 6.22. The van der Waals surface area contributed by atoms with Gasteiger partial charge in [0.15, 0.2) is 5.78 Å². The number of aliphatic hydroxyl groups is 1. The van der Waals surface area contributed by atoms with Crippen LogP contribution in [-0.2, 0) is 13.1 Å². The standard InChI is InChI=1S/C27H26N2O3/c30-21-11-13-29(14-12-21)17-19-7-5-18(6-8-19)16-28-27(32)20-9-10-23-22-3-1-2-4-24(22)26(31)25(23)15-20/h1-10,15,21,30H,11-14,16-17H2,(H,28,32). The second kappa shape index (κ2) is 8.69. The number of carbonyl (C=O) groups excluding carboxylic acids is 2. The van der Waals surface area contributed by atoms with E-state index < -0.39 is 0 Å². The van der Waals surface area contributed by atoms with Crippen molar-refractivity contribution in [3.63, 3.8) is 0 Å². The number of rotatable bonds is 5. The number of benzene rings is 3. The van der Waals surface area contributed by atoms with Gasteiger partial charge in [-0.3, -0.25) is 14.5 Å². The van der Waals surface area contributed by atoms with Gasteiger partial charge < -0.3 is 10.4 Å². The maximum absolute atomic E-state index is 12.7. The van der Waals surface area contributed by atoms with Crippen molar-refractivity contribution in [1.29, 1.82) is 0 Å². The molecule has 3 aromatic rings. The van der Waals surface area contributed by atoms with E-state index in [9.17, 15) is 14.7 Å². The first-order chi connectivity index (χ1) is 15.6. The fraction of sp³-hybridized carbons (Fsp3) is 0.259. The largest absolute Gasteiger partial charge is 0.393 e. The number of ketones is 1. The number of likely N-dealkylation sites (tertiary alicyclic amines) is 1. The van der Waals surface area contributed by atoms with Crippen LogP contribution >= 0.6 is 0 Å². The van der Waals surface area contributed by atoms with E-state index in [0.29, 0.717) is 23.2 Å². The lowest BCUT2D eigenvalue weighted by Gasteiger charge is -2.29. The quantitative estimate of drug-likeness (QED) is 0.510. The Morgan fingerprint density at radius 3 is 2.28 bits per heavy atom. The van der Waals surface area contributed by atoms with Crippen LogP contribution in [0.5, 0.6) is 0 Å². The van der Waals surface area contributed by atoms with Crippen molar-refractivity contribution in [2.24, 2.45) is 0 Å². The molecule has 2 aliphatic rings. The van der Waals surface area contributed by atoms with Gasteiger partial charge in [0, 0.05) is 42.9 Å². The summed E-state index contributed by atoms with van der Waals surface area (Å²) >= 11 is 0. The average Bonchev–Trinajstić information content (AvgIpc) is 3.11. The Balaban J connectivity index is 1.20. The Kier molecular flexibility index (Phi) is 5.60. The van der Waals surface area contributed by atoms with E-state index in [1.165, 1.54) is 5.56 Å². The second-order valence-corrected chi connectivity index (χ2v) is 8.64. The molecular formula is C27H26N2O3. The van der Waals surface area contributed by atoms with Crippen LogP contribution in [0.4, 0.5) is 0 Å². The molecule has 1 heterocycles. The van der Waals surface area contributed by atoms with Crippen LogP contribution in [0.1, 0.15) is 50.2 Å². The molecule has 5 heteroatoms. The van der Waals surface area contributed by atoms with Crippen molar-refractivity contribution in [2.75, 3.05) is 13.1 Å². The fourth-order valence-electron chi connectivity index (χ4n) is 4.55. The molecule has 0 spiro atoms. The van der Waals surface area contributed by atoms with Crippen molar-refractivity contribution in [3.05, 3.63) is 94.5 Å². The minimum Gasteiger partial charge on any atom is -0.393 e. The van der Waals surface area contributed by atoms with Crippen LogP contribution in [0, 0.1) is 0 Å². The highest BCUT2D eigenvalue weighted by Gasteiger charge is 2.27. The number of carbonyl (C=O) groups is 2. The zero-order chi connectivity index (χ0) is 22.1. The minimum atomic E-state index is -0.187. The lowest BCUT2D eigenvalue weighted by atomic mass is 10.0. The number of hydrogen-bond acceptors (Lipinski definition) is 4. The molecule has 5 rings (SSSR count). The summed E-state index contributed by atoms with van der Waals surface area (Å²) < 4.78 is 0. The van der Waals surface area contributed by atoms with Crippen LogP contribution in [-0.4, -0.2) is 40.9 Å². The number of nitrogens with one attached hydrogen (secondary N) is 1. The van der Waals surface area contributed by atoms with E-state index >= 15 is 0 Å². The Morgan fingerprint density at radius 1 is 0.875 bits per heavy atom. The third-order valence-corrected chi connectivity index (χ3v) is 6.43. The van der Waals surface area contributed by atoms with Crippen LogP contribution < -0.4 is 5.32 Å². The number of hydrogen-bond donors (Lipinski definition) is 2. The molecule has 3 aromatic carbocycles. The third-order valence-electron chi connectivity index (χ3n) is 6.43. The molecular weight excluding hydrogens is 400 g/mol. The smallest absolute Gasteiger partial charge is 0.251 e. The van der Waals surface area contributed by atoms with Gasteiger partial charge in [0.2, 0.25) is 0 Å². The molecule has 0 radical (unpaired) electrons. The predicted octanol–water partition coefficient (Wildman–Crippen LogP) is 3.78. The first-order valence-corrected chi connectivity index (χ1v) is 11.1. The summed E-state index contributed by atoms with van der Waals surface area (Å²) in [4.78, 5) is 27.7. The van der Waals surface area contributed by atoms with Gasteiger partial charge in [-0.05, 0) is 47.2 Å². The second-order valence-electron chi connectivity index (χ2n) is 8.64. The Labute approximate surface area is 187 Å². The minimum absolute atomic E-state index is 0.0240. The summed E-state index contributed by atoms with van der Waals surface area (Å²) in [6.07, 6.45) is 1.52. The highest BCUT2D eigenvalue weighted by Crippen LogP contribution is 2.36. The molecule has 1 aliphatic heterocycles. The molecule has 0 bridgehead atoms. The maximum Gasteiger partial charge on any atom is 0.251 e. The molecule has 1 fully saturated rings. The topological polar surface area (TPSA) is 69.6 Å². The van der Waals surface area contributed by atoms with Gasteiger partial charge in [-0.2, -0.15) is 0 Å². The molecule has 2 N–H and O–H groups in total. The van der Waals surface area contributed by atoms with Gasteiger partial charge in [0.1, 0.15) is 0 Å². The van der Waals surface area contributed by atoms with Gasteiger partial charge in [0.05, 0.1) is 6.10 Å². The van der Waals surface area contributed by atoms with Crippen LogP contribution in [0.3, 0.4) is 0 Å². The van der Waals surface area contributed by atoms with Crippen LogP contribution in [0.25, 0.3) is 11.1 Å². The van der Waals surface area contributed by atoms with E-state index in [4.69, 9.17) is 0 Å². The molecule has 1 aliphatic carbocycles. The fourth-order valence-corrected chi connectivity index (χ4v) is 4.55. The van der Waals surface area contributed by atoms with Crippen molar-refractivity contribution in [3.8, 4) is 11.1 Å². The summed E-state index contributed by atoms with van der Waals surface area (Å²) in [6.45, 7) is 3.16. The number of piperidine rings is 1. The molecule has 0 saturated carbocycles. The summed E-state index contributed by atoms with van der Waals surface area (Å²) in [5.41, 5.74) is 5.86. The molecule has 32 heavy (non-hydrogen) atoms. The molecule has 0 unspecified atom stereocenters. The number of aliphatic hydroxyl groups excluding tert-OH is 1. The molecule has 0 atom stereocenters. The summed E-state index contributed by atoms with van der Waals surface area (Å²) in [5.74, 6) is -0.212. The lowest BCUT2D eigenvalue weighted by Crippen LogP contribution is -2.35. The van der Waals surface area contributed by atoms with E-state index in [1.54, 1.807) is 12.1 Å². The van der Waals surface area contributed by atoms with Crippen molar-refractivity contribution >= 4 is 11.7 Å². The van der Waals surface area contributed by atoms with E-state index in [-0.39, 0.29) is 17.8 Å². The van der Waals surface area contributed by atoms with Crippen molar-refractivity contribution in [1.82, 2.24) is 10.2 Å². The molecule has 1 saturated heterocycles. The molecule has 162 valence electrons. The van der Waals surface area contributed by atoms with Crippen LogP contribution in [0.2, 0.25) is 0 Å². The molecule has 5 nitrogen and oxygen atoms in total. The zero-order valence-corrected chi connectivity index (χ0v) is 17.9. The van der Waals surface area contributed by atoms with E-state index in [1.807, 2.05) is 42.5 Å². The summed E-state index contributed by atoms with van der Waals surface area (Å²) in [5, 5.41) is 12.6. The molecule has 1 amide bonds. The highest BCUT2D eigenvalue weighted by atomic mass is 16.3. The first kappa shape index (κ1) is 20.6. The predicted molar refractivity (Wildman–Crippen MR) is 123 cm³/mol. The van der Waals surface area contributed by atoms with Gasteiger partial charge in [-0.15, -0.1) is 0 Å². The normalized spacial score (nSPS) is 16.0. The summed E-state index contributed by atoms with van der Waals surface area (Å²) in [6, 6.07) is 21.2. The lowest BCUT2D eigenvalue weighted by molar-refractivity contribution is 0.0792. The molecule has 0 aromatic heterocycles. The first-order valence-electron chi connectivity index (χ1n) is 11.1. The number of amides is 1. The summed E-state index contributed by atoms with van der Waals surface area (Å²) in [7, 11) is 0. The third kappa shape index (κ3) is 4.09. The van der Waals surface area contributed by atoms with Gasteiger partial charge >= 0.3 is 0 Å². The van der Waals surface area contributed by atoms with Gasteiger partial charge in [-0.25, -0.2) is 0 Å². The van der Waals surface area contributed by atoms with E-state index in [2.05, 4.69) is 22.3 Å². The SMILES string of the molecule is O=C(NCc1ccc(CN2CCC(O)CC2)cc1)c1ccc2c(c1)C(=O)c1ccccc1-2.